The Labute approximate surface area is 115 Å². The van der Waals surface area contributed by atoms with Gasteiger partial charge in [-0.3, -0.25) is 0 Å². The van der Waals surface area contributed by atoms with Gasteiger partial charge in [0.2, 0.25) is 11.7 Å². The summed E-state index contributed by atoms with van der Waals surface area (Å²) in [5.74, 6) is 1.26. The lowest BCUT2D eigenvalue weighted by atomic mass is 10.2. The Morgan fingerprint density at radius 3 is 2.95 bits per heavy atom. The van der Waals surface area contributed by atoms with Gasteiger partial charge in [-0.1, -0.05) is 24.2 Å². The molecule has 0 saturated heterocycles. The molecule has 0 atom stereocenters. The number of nitrogens with zero attached hydrogens (tertiary/aromatic N) is 4. The molecular formula is C14H13FN4O. The molecule has 0 bridgehead atoms. The quantitative estimate of drug-likeness (QED) is 0.732. The molecule has 0 radical (unpaired) electrons. The molecule has 0 unspecified atom stereocenters. The lowest BCUT2D eigenvalue weighted by molar-refractivity contribution is 0.370. The SMILES string of the molecule is CCc1nccn1Cc1nc(-c2ccccc2F)no1. The molecule has 0 fully saturated rings. The Balaban J connectivity index is 1.86. The number of aryl methyl sites for hydroxylation is 1. The Bertz CT molecular complexity index is 719. The van der Waals surface area contributed by atoms with Gasteiger partial charge >= 0.3 is 0 Å². The van der Waals surface area contributed by atoms with Crippen molar-refractivity contribution >= 4 is 0 Å². The van der Waals surface area contributed by atoms with Gasteiger partial charge in [-0.05, 0) is 12.1 Å². The standard InChI is InChI=1S/C14H13FN4O/c1-2-12-16-7-8-19(12)9-13-17-14(18-20-13)10-5-3-4-6-11(10)15/h3-8H,2,9H2,1H3. The molecule has 0 aliphatic heterocycles. The lowest BCUT2D eigenvalue weighted by Crippen LogP contribution is -2.03. The first-order chi connectivity index (χ1) is 9.78. The number of benzene rings is 1. The highest BCUT2D eigenvalue weighted by atomic mass is 19.1. The largest absolute Gasteiger partial charge is 0.337 e. The molecule has 2 aromatic heterocycles. The molecule has 20 heavy (non-hydrogen) atoms. The molecule has 0 saturated carbocycles. The Morgan fingerprint density at radius 1 is 1.30 bits per heavy atom. The number of aromatic nitrogens is 4. The molecule has 3 aromatic rings. The van der Waals surface area contributed by atoms with Crippen LogP contribution in [0.25, 0.3) is 11.4 Å². The van der Waals surface area contributed by atoms with E-state index in [4.69, 9.17) is 4.52 Å². The Morgan fingerprint density at radius 2 is 2.15 bits per heavy atom. The first-order valence-electron chi connectivity index (χ1n) is 6.35. The molecular weight excluding hydrogens is 259 g/mol. The maximum atomic E-state index is 13.6. The van der Waals surface area contributed by atoms with Gasteiger partial charge in [0, 0.05) is 18.8 Å². The summed E-state index contributed by atoms with van der Waals surface area (Å²) in [6.45, 7) is 2.46. The number of halogens is 1. The predicted octanol–water partition coefficient (Wildman–Crippen LogP) is 2.68. The molecule has 0 amide bonds. The normalized spacial score (nSPS) is 10.9. The monoisotopic (exact) mass is 272 g/mol. The van der Waals surface area contributed by atoms with E-state index in [9.17, 15) is 4.39 Å². The summed E-state index contributed by atoms with van der Waals surface area (Å²) in [6.07, 6.45) is 4.40. The predicted molar refractivity (Wildman–Crippen MR) is 70.4 cm³/mol. The van der Waals surface area contributed by atoms with Gasteiger partial charge in [-0.2, -0.15) is 4.98 Å². The zero-order chi connectivity index (χ0) is 13.9. The van der Waals surface area contributed by atoms with Crippen molar-refractivity contribution in [3.63, 3.8) is 0 Å². The molecule has 0 aliphatic rings. The molecule has 1 aromatic carbocycles. The molecule has 0 aliphatic carbocycles. The van der Waals surface area contributed by atoms with Crippen LogP contribution < -0.4 is 0 Å². The van der Waals surface area contributed by atoms with E-state index < -0.39 is 0 Å². The van der Waals surface area contributed by atoms with Crippen LogP contribution in [0.2, 0.25) is 0 Å². The van der Waals surface area contributed by atoms with Gasteiger partial charge in [0.1, 0.15) is 18.2 Å². The van der Waals surface area contributed by atoms with Crippen LogP contribution in [-0.4, -0.2) is 19.7 Å². The summed E-state index contributed by atoms with van der Waals surface area (Å²) >= 11 is 0. The van der Waals surface area contributed by atoms with Crippen molar-refractivity contribution in [3.05, 3.63) is 54.2 Å². The van der Waals surface area contributed by atoms with Crippen LogP contribution in [0.15, 0.2) is 41.2 Å². The topological polar surface area (TPSA) is 56.7 Å². The number of rotatable bonds is 4. The van der Waals surface area contributed by atoms with E-state index in [-0.39, 0.29) is 11.6 Å². The van der Waals surface area contributed by atoms with E-state index in [1.165, 1.54) is 6.07 Å². The van der Waals surface area contributed by atoms with E-state index in [1.54, 1.807) is 24.4 Å². The van der Waals surface area contributed by atoms with Crippen LogP contribution in [-0.2, 0) is 13.0 Å². The van der Waals surface area contributed by atoms with E-state index in [0.717, 1.165) is 12.2 Å². The molecule has 2 heterocycles. The number of hydrogen-bond donors (Lipinski definition) is 0. The minimum Gasteiger partial charge on any atom is -0.337 e. The van der Waals surface area contributed by atoms with Crippen LogP contribution in [0.1, 0.15) is 18.6 Å². The summed E-state index contributed by atoms with van der Waals surface area (Å²) in [4.78, 5) is 8.45. The summed E-state index contributed by atoms with van der Waals surface area (Å²) in [5, 5.41) is 3.82. The minimum absolute atomic E-state index is 0.260. The van der Waals surface area contributed by atoms with Crippen molar-refractivity contribution in [2.45, 2.75) is 19.9 Å². The van der Waals surface area contributed by atoms with E-state index in [1.807, 2.05) is 17.7 Å². The van der Waals surface area contributed by atoms with Crippen LogP contribution in [0.5, 0.6) is 0 Å². The smallest absolute Gasteiger partial charge is 0.246 e. The number of imidazole rings is 1. The maximum Gasteiger partial charge on any atom is 0.246 e. The van der Waals surface area contributed by atoms with Gasteiger partial charge in [0.25, 0.3) is 0 Å². The molecule has 102 valence electrons. The van der Waals surface area contributed by atoms with E-state index in [0.29, 0.717) is 18.0 Å². The van der Waals surface area contributed by atoms with Gasteiger partial charge in [-0.15, -0.1) is 0 Å². The summed E-state index contributed by atoms with van der Waals surface area (Å²) < 4.78 is 20.7. The van der Waals surface area contributed by atoms with Crippen molar-refractivity contribution in [3.8, 4) is 11.4 Å². The summed E-state index contributed by atoms with van der Waals surface area (Å²) in [6, 6.07) is 6.35. The van der Waals surface area contributed by atoms with Crippen LogP contribution in [0.3, 0.4) is 0 Å². The maximum absolute atomic E-state index is 13.6. The highest BCUT2D eigenvalue weighted by Crippen LogP contribution is 2.19. The zero-order valence-corrected chi connectivity index (χ0v) is 11.0. The first kappa shape index (κ1) is 12.5. The molecule has 3 rings (SSSR count). The van der Waals surface area contributed by atoms with Crippen molar-refractivity contribution in [2.75, 3.05) is 0 Å². The van der Waals surface area contributed by atoms with Crippen LogP contribution in [0.4, 0.5) is 4.39 Å². The molecule has 5 nitrogen and oxygen atoms in total. The number of hydrogen-bond acceptors (Lipinski definition) is 4. The van der Waals surface area contributed by atoms with Crippen molar-refractivity contribution in [1.29, 1.82) is 0 Å². The summed E-state index contributed by atoms with van der Waals surface area (Å²) in [7, 11) is 0. The van der Waals surface area contributed by atoms with Gasteiger partial charge in [0.15, 0.2) is 0 Å². The Hall–Kier alpha value is -2.50. The molecule has 0 N–H and O–H groups in total. The molecule has 0 spiro atoms. The van der Waals surface area contributed by atoms with Crippen LogP contribution in [0, 0.1) is 5.82 Å². The minimum atomic E-state index is -0.364. The average molecular weight is 272 g/mol. The van der Waals surface area contributed by atoms with Crippen LogP contribution >= 0.6 is 0 Å². The third-order valence-corrected chi connectivity index (χ3v) is 3.01. The second-order valence-electron chi connectivity index (χ2n) is 4.32. The van der Waals surface area contributed by atoms with Crippen molar-refractivity contribution < 1.29 is 8.91 Å². The van der Waals surface area contributed by atoms with Crippen molar-refractivity contribution in [1.82, 2.24) is 19.7 Å². The highest BCUT2D eigenvalue weighted by molar-refractivity contribution is 5.54. The third kappa shape index (κ3) is 2.32. The van der Waals surface area contributed by atoms with Crippen molar-refractivity contribution in [2.24, 2.45) is 0 Å². The summed E-state index contributed by atoms with van der Waals surface area (Å²) in [5.41, 5.74) is 0.337. The fourth-order valence-corrected chi connectivity index (χ4v) is 2.02. The van der Waals surface area contributed by atoms with Gasteiger partial charge < -0.3 is 9.09 Å². The Kier molecular flexibility index (Phi) is 3.28. The first-order valence-corrected chi connectivity index (χ1v) is 6.35. The zero-order valence-electron chi connectivity index (χ0n) is 11.0. The lowest BCUT2D eigenvalue weighted by Gasteiger charge is -2.01. The highest BCUT2D eigenvalue weighted by Gasteiger charge is 2.13. The fraction of sp³-hybridized carbons (Fsp3) is 0.214. The fourth-order valence-electron chi connectivity index (χ4n) is 2.02. The average Bonchev–Trinajstić information content (AvgIpc) is 3.09. The molecule has 6 heteroatoms. The second kappa shape index (κ2) is 5.24. The van der Waals surface area contributed by atoms with Gasteiger partial charge in [0.05, 0.1) is 5.56 Å². The van der Waals surface area contributed by atoms with E-state index in [2.05, 4.69) is 15.1 Å². The second-order valence-corrected chi connectivity index (χ2v) is 4.32. The third-order valence-electron chi connectivity index (χ3n) is 3.01. The van der Waals surface area contributed by atoms with E-state index >= 15 is 0 Å². The van der Waals surface area contributed by atoms with Gasteiger partial charge in [-0.25, -0.2) is 9.37 Å².